The molecule has 1 aromatic rings. The van der Waals surface area contributed by atoms with Gasteiger partial charge in [-0.3, -0.25) is 0 Å². The summed E-state index contributed by atoms with van der Waals surface area (Å²) in [5, 5.41) is 0. The Labute approximate surface area is 129 Å². The highest BCUT2D eigenvalue weighted by Crippen LogP contribution is 2.34. The van der Waals surface area contributed by atoms with Gasteiger partial charge in [0.25, 0.3) is 0 Å². The van der Waals surface area contributed by atoms with E-state index >= 15 is 0 Å². The third-order valence-corrected chi connectivity index (χ3v) is 5.37. The van der Waals surface area contributed by atoms with Crippen LogP contribution in [0.15, 0.2) is 18.2 Å². The van der Waals surface area contributed by atoms with E-state index in [4.69, 9.17) is 5.73 Å². The van der Waals surface area contributed by atoms with E-state index in [1.807, 2.05) is 0 Å². The fourth-order valence-electron chi connectivity index (χ4n) is 3.68. The molecule has 3 nitrogen and oxygen atoms in total. The number of anilines is 2. The average molecular weight is 287 g/mol. The molecule has 1 aromatic carbocycles. The second-order valence-electron chi connectivity index (χ2n) is 7.07. The van der Waals surface area contributed by atoms with E-state index in [-0.39, 0.29) is 0 Å². The number of hydrogen-bond donors (Lipinski definition) is 1. The number of rotatable bonds is 2. The number of nitrogens with zero attached hydrogens (tertiary/aromatic N) is 2. The Morgan fingerprint density at radius 2 is 1.67 bits per heavy atom. The summed E-state index contributed by atoms with van der Waals surface area (Å²) in [4.78, 5) is 4.93. The van der Waals surface area contributed by atoms with Crippen LogP contribution in [-0.4, -0.2) is 38.1 Å². The van der Waals surface area contributed by atoms with E-state index < -0.39 is 0 Å². The second kappa shape index (κ2) is 6.27. The molecule has 2 aliphatic rings. The molecular weight excluding hydrogens is 258 g/mol. The van der Waals surface area contributed by atoms with Crippen LogP contribution < -0.4 is 10.6 Å². The maximum atomic E-state index is 6.26. The molecule has 0 spiro atoms. The highest BCUT2D eigenvalue weighted by molar-refractivity contribution is 5.69. The lowest BCUT2D eigenvalue weighted by molar-refractivity contribution is 0.255. The van der Waals surface area contributed by atoms with E-state index in [9.17, 15) is 0 Å². The quantitative estimate of drug-likeness (QED) is 0.847. The molecule has 0 aliphatic carbocycles. The van der Waals surface area contributed by atoms with Gasteiger partial charge in [-0.2, -0.15) is 0 Å². The first kappa shape index (κ1) is 14.7. The van der Waals surface area contributed by atoms with E-state index in [0.29, 0.717) is 5.92 Å². The molecule has 21 heavy (non-hydrogen) atoms. The molecule has 0 amide bonds. The molecule has 3 rings (SSSR count). The molecule has 0 saturated carbocycles. The lowest BCUT2D eigenvalue weighted by Gasteiger charge is -2.34. The molecule has 0 unspecified atom stereocenters. The summed E-state index contributed by atoms with van der Waals surface area (Å²) in [6.07, 6.45) is 5.13. The van der Waals surface area contributed by atoms with Crippen molar-refractivity contribution in [1.29, 1.82) is 0 Å². The van der Waals surface area contributed by atoms with E-state index in [1.165, 1.54) is 50.0 Å². The summed E-state index contributed by atoms with van der Waals surface area (Å²) in [6.45, 7) is 7.09. The van der Waals surface area contributed by atoms with Crippen LogP contribution in [0.2, 0.25) is 0 Å². The summed E-state index contributed by atoms with van der Waals surface area (Å²) in [5.41, 5.74) is 9.97. The molecule has 0 bridgehead atoms. The van der Waals surface area contributed by atoms with Gasteiger partial charge >= 0.3 is 0 Å². The Bertz CT molecular complexity index is 469. The highest BCUT2D eigenvalue weighted by atomic mass is 15.1. The minimum Gasteiger partial charge on any atom is -0.397 e. The molecule has 0 radical (unpaired) electrons. The first-order chi connectivity index (χ1) is 10.1. The standard InChI is InChI=1S/C18H29N3/c1-14-5-11-21(12-6-14)18-13-16(3-4-17(18)19)15-7-9-20(2)10-8-15/h3-4,13-15H,5-12,19H2,1-2H3. The number of benzene rings is 1. The first-order valence-corrected chi connectivity index (χ1v) is 8.46. The van der Waals surface area contributed by atoms with Crippen LogP contribution in [0.4, 0.5) is 11.4 Å². The molecule has 0 atom stereocenters. The van der Waals surface area contributed by atoms with Crippen LogP contribution in [0.3, 0.4) is 0 Å². The van der Waals surface area contributed by atoms with Gasteiger partial charge in [-0.05, 0) is 75.4 Å². The van der Waals surface area contributed by atoms with Crippen molar-refractivity contribution in [1.82, 2.24) is 4.90 Å². The van der Waals surface area contributed by atoms with Crippen molar-refractivity contribution < 1.29 is 0 Å². The number of nitrogen functional groups attached to an aromatic ring is 1. The minimum absolute atomic E-state index is 0.712. The van der Waals surface area contributed by atoms with Crippen molar-refractivity contribution in [3.63, 3.8) is 0 Å². The van der Waals surface area contributed by atoms with Gasteiger partial charge in [-0.25, -0.2) is 0 Å². The van der Waals surface area contributed by atoms with Gasteiger partial charge in [0.05, 0.1) is 11.4 Å². The number of likely N-dealkylation sites (tertiary alicyclic amines) is 1. The van der Waals surface area contributed by atoms with Crippen molar-refractivity contribution in [3.05, 3.63) is 23.8 Å². The topological polar surface area (TPSA) is 32.5 Å². The minimum atomic E-state index is 0.712. The van der Waals surface area contributed by atoms with Crippen LogP contribution >= 0.6 is 0 Å². The van der Waals surface area contributed by atoms with Gasteiger partial charge in [-0.1, -0.05) is 13.0 Å². The van der Waals surface area contributed by atoms with Crippen LogP contribution in [-0.2, 0) is 0 Å². The highest BCUT2D eigenvalue weighted by Gasteiger charge is 2.22. The smallest absolute Gasteiger partial charge is 0.0602 e. The molecule has 0 aromatic heterocycles. The third kappa shape index (κ3) is 3.34. The normalized spacial score (nSPS) is 22.7. The predicted octanol–water partition coefficient (Wildman–Crippen LogP) is 3.31. The molecule has 3 heteroatoms. The fourth-order valence-corrected chi connectivity index (χ4v) is 3.68. The molecule has 2 saturated heterocycles. The van der Waals surface area contributed by atoms with Crippen molar-refractivity contribution in [2.45, 2.75) is 38.5 Å². The molecule has 2 aliphatic heterocycles. The lowest BCUT2D eigenvalue weighted by Crippen LogP contribution is -2.33. The predicted molar refractivity (Wildman–Crippen MR) is 90.9 cm³/mol. The molecule has 116 valence electrons. The zero-order chi connectivity index (χ0) is 14.8. The Hall–Kier alpha value is -1.22. The second-order valence-corrected chi connectivity index (χ2v) is 7.07. The van der Waals surface area contributed by atoms with Crippen molar-refractivity contribution in [2.24, 2.45) is 5.92 Å². The van der Waals surface area contributed by atoms with Gasteiger partial charge in [0.2, 0.25) is 0 Å². The Balaban J connectivity index is 1.76. The maximum absolute atomic E-state index is 6.26. The summed E-state index contributed by atoms with van der Waals surface area (Å²) >= 11 is 0. The van der Waals surface area contributed by atoms with Crippen LogP contribution in [0, 0.1) is 5.92 Å². The summed E-state index contributed by atoms with van der Waals surface area (Å²) < 4.78 is 0. The van der Waals surface area contributed by atoms with Gasteiger partial charge in [-0.15, -0.1) is 0 Å². The fraction of sp³-hybridized carbons (Fsp3) is 0.667. The molecule has 2 N–H and O–H groups in total. The van der Waals surface area contributed by atoms with Crippen LogP contribution in [0.1, 0.15) is 44.1 Å². The van der Waals surface area contributed by atoms with Gasteiger partial charge < -0.3 is 15.5 Å². The third-order valence-electron chi connectivity index (χ3n) is 5.37. The van der Waals surface area contributed by atoms with Gasteiger partial charge in [0, 0.05) is 13.1 Å². The molecule has 2 heterocycles. The van der Waals surface area contributed by atoms with Gasteiger partial charge in [0.1, 0.15) is 0 Å². The lowest BCUT2D eigenvalue weighted by atomic mass is 9.89. The van der Waals surface area contributed by atoms with Gasteiger partial charge in [0.15, 0.2) is 0 Å². The summed E-state index contributed by atoms with van der Waals surface area (Å²) in [7, 11) is 2.22. The largest absolute Gasteiger partial charge is 0.397 e. The van der Waals surface area contributed by atoms with E-state index in [2.05, 4.69) is 42.0 Å². The number of nitrogens with two attached hydrogens (primary N) is 1. The van der Waals surface area contributed by atoms with Crippen LogP contribution in [0.5, 0.6) is 0 Å². The average Bonchev–Trinajstić information content (AvgIpc) is 2.50. The number of hydrogen-bond acceptors (Lipinski definition) is 3. The van der Waals surface area contributed by atoms with Crippen molar-refractivity contribution >= 4 is 11.4 Å². The zero-order valence-corrected chi connectivity index (χ0v) is 13.5. The van der Waals surface area contributed by atoms with E-state index in [0.717, 1.165) is 24.7 Å². The summed E-state index contributed by atoms with van der Waals surface area (Å²) in [6, 6.07) is 6.75. The van der Waals surface area contributed by atoms with Crippen molar-refractivity contribution in [2.75, 3.05) is 43.9 Å². The Morgan fingerprint density at radius 3 is 2.33 bits per heavy atom. The monoisotopic (exact) mass is 287 g/mol. The summed E-state index contributed by atoms with van der Waals surface area (Å²) in [5.74, 6) is 1.57. The van der Waals surface area contributed by atoms with E-state index in [1.54, 1.807) is 0 Å². The first-order valence-electron chi connectivity index (χ1n) is 8.46. The Kier molecular flexibility index (Phi) is 4.39. The maximum Gasteiger partial charge on any atom is 0.0602 e. The number of piperidine rings is 2. The molecule has 2 fully saturated rings. The zero-order valence-electron chi connectivity index (χ0n) is 13.5. The SMILES string of the molecule is CC1CCN(c2cc(C3CCN(C)CC3)ccc2N)CC1. The molecular formula is C18H29N3. The van der Waals surface area contributed by atoms with Crippen molar-refractivity contribution in [3.8, 4) is 0 Å². The van der Waals surface area contributed by atoms with Crippen LogP contribution in [0.25, 0.3) is 0 Å². The Morgan fingerprint density at radius 1 is 1.00 bits per heavy atom.